The summed E-state index contributed by atoms with van der Waals surface area (Å²) in [4.78, 5) is 11.8. The molecule has 24 heavy (non-hydrogen) atoms. The average molecular weight is 391 g/mol. The van der Waals surface area contributed by atoms with Crippen LogP contribution in [0, 0.1) is 5.82 Å². The first kappa shape index (κ1) is 18.7. The van der Waals surface area contributed by atoms with Gasteiger partial charge in [0.05, 0.1) is 16.6 Å². The predicted molar refractivity (Wildman–Crippen MR) is 91.3 cm³/mol. The first-order valence-electron chi connectivity index (χ1n) is 6.67. The Bertz CT molecular complexity index is 875. The molecule has 0 atom stereocenters. The molecule has 0 spiro atoms. The molecule has 0 aliphatic rings. The van der Waals surface area contributed by atoms with E-state index >= 15 is 0 Å². The van der Waals surface area contributed by atoms with Gasteiger partial charge in [0.2, 0.25) is 15.9 Å². The summed E-state index contributed by atoms with van der Waals surface area (Å²) in [5.41, 5.74) is 0.228. The maximum absolute atomic E-state index is 13.1. The monoisotopic (exact) mass is 390 g/mol. The Morgan fingerprint density at radius 1 is 1.21 bits per heavy atom. The minimum absolute atomic E-state index is 0.0929. The molecule has 0 heterocycles. The number of hydrogen-bond acceptors (Lipinski definition) is 3. The summed E-state index contributed by atoms with van der Waals surface area (Å²) >= 11 is 11.7. The Balaban J connectivity index is 2.14. The number of carbonyl (C=O) groups is 1. The number of carbonyl (C=O) groups excluding carboxylic acids is 1. The highest BCUT2D eigenvalue weighted by Gasteiger charge is 2.26. The molecule has 1 N–H and O–H groups in total. The quantitative estimate of drug-likeness (QED) is 0.850. The van der Waals surface area contributed by atoms with Crippen LogP contribution in [0.2, 0.25) is 10.0 Å². The van der Waals surface area contributed by atoms with Crippen molar-refractivity contribution in [3.63, 3.8) is 0 Å². The van der Waals surface area contributed by atoms with Gasteiger partial charge < -0.3 is 5.32 Å². The van der Waals surface area contributed by atoms with Crippen LogP contribution in [0.1, 0.15) is 0 Å². The second-order valence-electron chi connectivity index (χ2n) is 4.87. The van der Waals surface area contributed by atoms with Crippen molar-refractivity contribution >= 4 is 44.8 Å². The first-order chi connectivity index (χ1) is 11.2. The Hall–Kier alpha value is -1.67. The lowest BCUT2D eigenvalue weighted by atomic mass is 10.3. The van der Waals surface area contributed by atoms with Crippen molar-refractivity contribution in [2.75, 3.05) is 18.9 Å². The van der Waals surface area contributed by atoms with E-state index in [1.807, 2.05) is 0 Å². The lowest BCUT2D eigenvalue weighted by molar-refractivity contribution is -0.116. The molecule has 128 valence electrons. The summed E-state index contributed by atoms with van der Waals surface area (Å²) < 4.78 is 38.9. The van der Waals surface area contributed by atoms with Gasteiger partial charge in [-0.2, -0.15) is 4.31 Å². The van der Waals surface area contributed by atoms with E-state index < -0.39 is 28.3 Å². The van der Waals surface area contributed by atoms with E-state index in [0.29, 0.717) is 0 Å². The van der Waals surface area contributed by atoms with Crippen molar-refractivity contribution in [2.24, 2.45) is 0 Å². The second kappa shape index (κ2) is 7.48. The largest absolute Gasteiger partial charge is 0.325 e. The lowest BCUT2D eigenvalue weighted by Gasteiger charge is -2.18. The van der Waals surface area contributed by atoms with Crippen LogP contribution in [0.4, 0.5) is 10.1 Å². The van der Waals surface area contributed by atoms with E-state index in [2.05, 4.69) is 5.32 Å². The fourth-order valence-electron chi connectivity index (χ4n) is 1.91. The zero-order chi connectivity index (χ0) is 17.9. The Morgan fingerprint density at radius 3 is 2.54 bits per heavy atom. The lowest BCUT2D eigenvalue weighted by Crippen LogP contribution is -2.35. The number of benzene rings is 2. The summed E-state index contributed by atoms with van der Waals surface area (Å²) in [5, 5.41) is 2.40. The fraction of sp³-hybridized carbons (Fsp3) is 0.133. The molecule has 5 nitrogen and oxygen atoms in total. The van der Waals surface area contributed by atoms with Gasteiger partial charge in [-0.05, 0) is 30.3 Å². The molecule has 2 aromatic carbocycles. The molecule has 0 aliphatic carbocycles. The van der Waals surface area contributed by atoms with Gasteiger partial charge in [-0.25, -0.2) is 12.8 Å². The number of rotatable bonds is 5. The number of amides is 1. The Kier molecular flexibility index (Phi) is 5.82. The third-order valence-electron chi connectivity index (χ3n) is 3.08. The van der Waals surface area contributed by atoms with Gasteiger partial charge in [0, 0.05) is 12.7 Å². The molecule has 0 saturated heterocycles. The van der Waals surface area contributed by atoms with Gasteiger partial charge in [-0.1, -0.05) is 35.3 Å². The Morgan fingerprint density at radius 2 is 1.88 bits per heavy atom. The number of nitrogens with one attached hydrogen (secondary N) is 1. The highest BCUT2D eigenvalue weighted by molar-refractivity contribution is 7.89. The summed E-state index contributed by atoms with van der Waals surface area (Å²) in [6.45, 7) is -0.471. The number of halogens is 3. The molecule has 0 aliphatic heterocycles. The predicted octanol–water partition coefficient (Wildman–Crippen LogP) is 3.39. The topological polar surface area (TPSA) is 66.5 Å². The van der Waals surface area contributed by atoms with Crippen molar-refractivity contribution in [2.45, 2.75) is 4.90 Å². The minimum Gasteiger partial charge on any atom is -0.325 e. The molecular formula is C15H13Cl2FN2O3S. The van der Waals surface area contributed by atoms with Crippen molar-refractivity contribution in [3.8, 4) is 0 Å². The summed E-state index contributed by atoms with van der Waals surface area (Å²) in [6, 6.07) is 9.47. The number of likely N-dealkylation sites (N-methyl/N-ethyl adjacent to an activating group) is 1. The molecule has 0 bridgehead atoms. The van der Waals surface area contributed by atoms with Crippen LogP contribution in [0.15, 0.2) is 47.4 Å². The molecule has 2 rings (SSSR count). The average Bonchev–Trinajstić information content (AvgIpc) is 2.49. The summed E-state index contributed by atoms with van der Waals surface area (Å²) in [5.74, 6) is -1.13. The molecule has 0 radical (unpaired) electrons. The van der Waals surface area contributed by atoms with Crippen LogP contribution in [0.5, 0.6) is 0 Å². The van der Waals surface area contributed by atoms with E-state index in [1.165, 1.54) is 43.4 Å². The molecular weight excluding hydrogens is 378 g/mol. The van der Waals surface area contributed by atoms with Crippen LogP contribution < -0.4 is 5.32 Å². The molecule has 9 heteroatoms. The van der Waals surface area contributed by atoms with Crippen molar-refractivity contribution in [1.29, 1.82) is 0 Å². The normalized spacial score (nSPS) is 11.5. The second-order valence-corrected chi connectivity index (χ2v) is 7.67. The van der Waals surface area contributed by atoms with Gasteiger partial charge in [-0.3, -0.25) is 4.79 Å². The molecule has 1 amide bonds. The van der Waals surface area contributed by atoms with Crippen molar-refractivity contribution in [3.05, 3.63) is 58.3 Å². The van der Waals surface area contributed by atoms with E-state index in [1.54, 1.807) is 0 Å². The highest BCUT2D eigenvalue weighted by atomic mass is 35.5. The third-order valence-corrected chi connectivity index (χ3v) is 5.86. The smallest absolute Gasteiger partial charge is 0.244 e. The van der Waals surface area contributed by atoms with E-state index in [4.69, 9.17) is 23.2 Å². The first-order valence-corrected chi connectivity index (χ1v) is 8.87. The molecule has 2 aromatic rings. The summed E-state index contributed by atoms with van der Waals surface area (Å²) in [7, 11) is -2.77. The van der Waals surface area contributed by atoms with Crippen LogP contribution in [-0.4, -0.2) is 32.2 Å². The fourth-order valence-corrected chi connectivity index (χ4v) is 3.76. The molecule has 0 unspecified atom stereocenters. The van der Waals surface area contributed by atoms with Gasteiger partial charge in [0.25, 0.3) is 0 Å². The third kappa shape index (κ3) is 4.24. The number of hydrogen-bond donors (Lipinski definition) is 1. The highest BCUT2D eigenvalue weighted by Crippen LogP contribution is 2.30. The molecule has 0 fully saturated rings. The number of anilines is 1. The van der Waals surface area contributed by atoms with Crippen molar-refractivity contribution < 1.29 is 17.6 Å². The SMILES string of the molecule is CN(CC(=O)Nc1cccc(F)c1)S(=O)(=O)c1cccc(Cl)c1Cl. The maximum atomic E-state index is 13.1. The van der Waals surface area contributed by atoms with E-state index in [0.717, 1.165) is 10.4 Å². The summed E-state index contributed by atoms with van der Waals surface area (Å²) in [6.07, 6.45) is 0. The van der Waals surface area contributed by atoms with Gasteiger partial charge in [-0.15, -0.1) is 0 Å². The molecule has 0 saturated carbocycles. The van der Waals surface area contributed by atoms with Crippen LogP contribution in [-0.2, 0) is 14.8 Å². The van der Waals surface area contributed by atoms with Gasteiger partial charge >= 0.3 is 0 Å². The molecule has 0 aromatic heterocycles. The van der Waals surface area contributed by atoms with Crippen LogP contribution >= 0.6 is 23.2 Å². The van der Waals surface area contributed by atoms with Crippen molar-refractivity contribution in [1.82, 2.24) is 4.31 Å². The van der Waals surface area contributed by atoms with Gasteiger partial charge in [0.15, 0.2) is 0 Å². The standard InChI is InChI=1S/C15H13Cl2FN2O3S/c1-20(9-14(21)19-11-5-2-4-10(18)8-11)24(22,23)13-7-3-6-12(16)15(13)17/h2-8H,9H2,1H3,(H,19,21). The Labute approximate surface area is 149 Å². The van der Waals surface area contributed by atoms with E-state index in [9.17, 15) is 17.6 Å². The number of sulfonamides is 1. The van der Waals surface area contributed by atoms with Gasteiger partial charge in [0.1, 0.15) is 10.7 Å². The van der Waals surface area contributed by atoms with Crippen LogP contribution in [0.25, 0.3) is 0 Å². The number of nitrogens with zero attached hydrogens (tertiary/aromatic N) is 1. The zero-order valence-electron chi connectivity index (χ0n) is 12.5. The zero-order valence-corrected chi connectivity index (χ0v) is 14.8. The van der Waals surface area contributed by atoms with E-state index in [-0.39, 0.29) is 20.6 Å². The van der Waals surface area contributed by atoms with Crippen LogP contribution in [0.3, 0.4) is 0 Å². The minimum atomic E-state index is -4.01. The maximum Gasteiger partial charge on any atom is 0.244 e.